The molecule has 0 saturated carbocycles. The smallest absolute Gasteiger partial charge is 0.204 e. The van der Waals surface area contributed by atoms with Crippen LogP contribution in [0.25, 0.3) is 11.0 Å². The number of fused-ring (bicyclic) bond motifs is 1. The van der Waals surface area contributed by atoms with Crippen LogP contribution in [0.2, 0.25) is 0 Å². The van der Waals surface area contributed by atoms with E-state index >= 15 is 0 Å². The first-order valence-corrected chi connectivity index (χ1v) is 6.85. The highest BCUT2D eigenvalue weighted by Gasteiger charge is 2.25. The maximum Gasteiger partial charge on any atom is 0.204 e. The molecule has 1 heterocycles. The lowest BCUT2D eigenvalue weighted by Crippen LogP contribution is -2.44. The Balaban J connectivity index is 2.32. The highest BCUT2D eigenvalue weighted by atomic mass is 15.2. The first kappa shape index (κ1) is 13.9. The number of rotatable bonds is 5. The van der Waals surface area contributed by atoms with Crippen LogP contribution >= 0.6 is 0 Å². The van der Waals surface area contributed by atoms with Crippen LogP contribution in [-0.4, -0.2) is 21.6 Å². The second kappa shape index (κ2) is 5.21. The molecule has 2 rings (SSSR count). The number of nitrogens with one attached hydrogen (secondary N) is 1. The minimum atomic E-state index is -0.122. The Bertz CT molecular complexity index is 558. The Kier molecular flexibility index (Phi) is 3.80. The molecule has 4 heteroatoms. The van der Waals surface area contributed by atoms with Gasteiger partial charge >= 0.3 is 0 Å². The van der Waals surface area contributed by atoms with Crippen molar-refractivity contribution in [1.29, 1.82) is 0 Å². The van der Waals surface area contributed by atoms with Gasteiger partial charge in [0.1, 0.15) is 0 Å². The molecule has 19 heavy (non-hydrogen) atoms. The third-order valence-corrected chi connectivity index (χ3v) is 3.51. The van der Waals surface area contributed by atoms with Crippen LogP contribution in [0.1, 0.15) is 27.2 Å². The Hall–Kier alpha value is -1.55. The Morgan fingerprint density at radius 3 is 2.63 bits per heavy atom. The Labute approximate surface area is 115 Å². The van der Waals surface area contributed by atoms with Crippen LogP contribution in [-0.2, 0) is 7.05 Å². The Morgan fingerprint density at radius 2 is 2.05 bits per heavy atom. The molecule has 0 bridgehead atoms. The molecule has 0 radical (unpaired) electrons. The summed E-state index contributed by atoms with van der Waals surface area (Å²) in [5, 5.41) is 3.52. The highest BCUT2D eigenvalue weighted by Crippen LogP contribution is 2.24. The fraction of sp³-hybridized carbons (Fsp3) is 0.533. The van der Waals surface area contributed by atoms with E-state index in [1.165, 1.54) is 0 Å². The molecule has 0 aliphatic carbocycles. The monoisotopic (exact) mass is 260 g/mol. The number of hydrogen-bond acceptors (Lipinski definition) is 3. The van der Waals surface area contributed by atoms with E-state index in [9.17, 15) is 0 Å². The van der Waals surface area contributed by atoms with E-state index in [1.807, 2.05) is 25.2 Å². The standard InChI is InChI=1S/C15H24N4/c1-11(2)9-15(3,10-16)18-14-17-12-7-5-6-8-13(12)19(14)4/h5-8,11H,9-10,16H2,1-4H3,(H,17,18). The molecule has 0 aliphatic rings. The Morgan fingerprint density at radius 1 is 1.37 bits per heavy atom. The lowest BCUT2D eigenvalue weighted by molar-refractivity contribution is 0.404. The predicted octanol–water partition coefficient (Wildman–Crippen LogP) is 2.75. The molecule has 0 amide bonds. The zero-order valence-electron chi connectivity index (χ0n) is 12.3. The number of para-hydroxylation sites is 2. The summed E-state index contributed by atoms with van der Waals surface area (Å²) >= 11 is 0. The van der Waals surface area contributed by atoms with Crippen molar-refractivity contribution >= 4 is 17.0 Å². The average molecular weight is 260 g/mol. The van der Waals surface area contributed by atoms with E-state index in [1.54, 1.807) is 0 Å². The minimum Gasteiger partial charge on any atom is -0.349 e. The van der Waals surface area contributed by atoms with Gasteiger partial charge in [0.05, 0.1) is 11.0 Å². The molecule has 4 nitrogen and oxygen atoms in total. The number of nitrogens with zero attached hydrogens (tertiary/aromatic N) is 2. The summed E-state index contributed by atoms with van der Waals surface area (Å²) in [6, 6.07) is 8.15. The van der Waals surface area contributed by atoms with Crippen molar-refractivity contribution in [3.05, 3.63) is 24.3 Å². The van der Waals surface area contributed by atoms with Gasteiger partial charge in [0, 0.05) is 19.1 Å². The third-order valence-electron chi connectivity index (χ3n) is 3.51. The van der Waals surface area contributed by atoms with E-state index < -0.39 is 0 Å². The van der Waals surface area contributed by atoms with Crippen molar-refractivity contribution in [2.45, 2.75) is 32.7 Å². The molecule has 1 unspecified atom stereocenters. The van der Waals surface area contributed by atoms with E-state index in [4.69, 9.17) is 5.73 Å². The third kappa shape index (κ3) is 2.89. The van der Waals surface area contributed by atoms with Crippen molar-refractivity contribution < 1.29 is 0 Å². The lowest BCUT2D eigenvalue weighted by atomic mass is 9.91. The second-order valence-electron chi connectivity index (χ2n) is 5.97. The van der Waals surface area contributed by atoms with Crippen LogP contribution in [0, 0.1) is 5.92 Å². The van der Waals surface area contributed by atoms with Crippen molar-refractivity contribution in [2.24, 2.45) is 18.7 Å². The SMILES string of the molecule is CC(C)CC(C)(CN)Nc1nc2ccccc2n1C. The number of nitrogens with two attached hydrogens (primary N) is 1. The number of anilines is 1. The first-order chi connectivity index (χ1) is 8.95. The van der Waals surface area contributed by atoms with Crippen LogP contribution in [0.3, 0.4) is 0 Å². The number of hydrogen-bond donors (Lipinski definition) is 2. The molecule has 0 fully saturated rings. The predicted molar refractivity (Wildman–Crippen MR) is 81.3 cm³/mol. The van der Waals surface area contributed by atoms with Gasteiger partial charge in [0.25, 0.3) is 0 Å². The molecule has 2 aromatic rings. The number of aromatic nitrogens is 2. The molecule has 104 valence electrons. The van der Waals surface area contributed by atoms with Gasteiger partial charge in [-0.1, -0.05) is 26.0 Å². The topological polar surface area (TPSA) is 55.9 Å². The summed E-state index contributed by atoms with van der Waals surface area (Å²) in [6.07, 6.45) is 1.02. The molecule has 3 N–H and O–H groups in total. The van der Waals surface area contributed by atoms with E-state index in [0.717, 1.165) is 23.4 Å². The summed E-state index contributed by atoms with van der Waals surface area (Å²) in [5.41, 5.74) is 7.97. The van der Waals surface area contributed by atoms with Gasteiger partial charge in [0.15, 0.2) is 0 Å². The van der Waals surface area contributed by atoms with Gasteiger partial charge < -0.3 is 15.6 Å². The minimum absolute atomic E-state index is 0.122. The normalized spacial score (nSPS) is 14.8. The van der Waals surface area contributed by atoms with Crippen molar-refractivity contribution in [2.75, 3.05) is 11.9 Å². The first-order valence-electron chi connectivity index (χ1n) is 6.85. The quantitative estimate of drug-likeness (QED) is 0.869. The fourth-order valence-corrected chi connectivity index (χ4v) is 2.61. The van der Waals surface area contributed by atoms with Gasteiger partial charge in [-0.3, -0.25) is 0 Å². The largest absolute Gasteiger partial charge is 0.349 e. The van der Waals surface area contributed by atoms with Crippen LogP contribution < -0.4 is 11.1 Å². The second-order valence-corrected chi connectivity index (χ2v) is 5.97. The van der Waals surface area contributed by atoms with E-state index in [2.05, 4.69) is 41.7 Å². The van der Waals surface area contributed by atoms with Gasteiger partial charge in [-0.25, -0.2) is 4.98 Å². The van der Waals surface area contributed by atoms with Gasteiger partial charge in [-0.15, -0.1) is 0 Å². The zero-order valence-corrected chi connectivity index (χ0v) is 12.3. The summed E-state index contributed by atoms with van der Waals surface area (Å²) < 4.78 is 2.09. The molecular formula is C15H24N4. The number of imidazole rings is 1. The van der Waals surface area contributed by atoms with E-state index in [-0.39, 0.29) is 5.54 Å². The van der Waals surface area contributed by atoms with Gasteiger partial charge in [-0.2, -0.15) is 0 Å². The maximum atomic E-state index is 5.95. The molecule has 1 atom stereocenters. The van der Waals surface area contributed by atoms with Crippen molar-refractivity contribution in [3.63, 3.8) is 0 Å². The fourth-order valence-electron chi connectivity index (χ4n) is 2.61. The van der Waals surface area contributed by atoms with Crippen LogP contribution in [0.5, 0.6) is 0 Å². The summed E-state index contributed by atoms with van der Waals surface area (Å²) in [6.45, 7) is 7.18. The summed E-state index contributed by atoms with van der Waals surface area (Å²) in [7, 11) is 2.03. The molecule has 1 aromatic heterocycles. The lowest BCUT2D eigenvalue weighted by Gasteiger charge is -2.31. The van der Waals surface area contributed by atoms with Gasteiger partial charge in [-0.05, 0) is 31.4 Å². The van der Waals surface area contributed by atoms with Crippen molar-refractivity contribution in [1.82, 2.24) is 9.55 Å². The maximum absolute atomic E-state index is 5.95. The average Bonchev–Trinajstić information content (AvgIpc) is 2.66. The zero-order chi connectivity index (χ0) is 14.0. The molecule has 0 spiro atoms. The van der Waals surface area contributed by atoms with Crippen molar-refractivity contribution in [3.8, 4) is 0 Å². The van der Waals surface area contributed by atoms with Gasteiger partial charge in [0.2, 0.25) is 5.95 Å². The van der Waals surface area contributed by atoms with Crippen LogP contribution in [0.4, 0.5) is 5.95 Å². The molecule has 0 saturated heterocycles. The van der Waals surface area contributed by atoms with E-state index in [0.29, 0.717) is 12.5 Å². The number of benzene rings is 1. The molecular weight excluding hydrogens is 236 g/mol. The summed E-state index contributed by atoms with van der Waals surface area (Å²) in [5.74, 6) is 1.48. The highest BCUT2D eigenvalue weighted by molar-refractivity contribution is 5.78. The molecule has 0 aliphatic heterocycles. The van der Waals surface area contributed by atoms with Crippen LogP contribution in [0.15, 0.2) is 24.3 Å². The summed E-state index contributed by atoms with van der Waals surface area (Å²) in [4.78, 5) is 4.65. The molecule has 1 aromatic carbocycles. The number of aryl methyl sites for hydroxylation is 1.